The van der Waals surface area contributed by atoms with Gasteiger partial charge in [-0.05, 0) is 45.7 Å². The predicted molar refractivity (Wildman–Crippen MR) is 155 cm³/mol. The molecule has 14 nitrogen and oxygen atoms in total. The van der Waals surface area contributed by atoms with Gasteiger partial charge in [-0.2, -0.15) is 15.1 Å². The van der Waals surface area contributed by atoms with Crippen molar-refractivity contribution < 1.29 is 37.4 Å². The molecule has 0 amide bonds. The Balaban J connectivity index is 1.38. The van der Waals surface area contributed by atoms with E-state index in [0.29, 0.717) is 11.3 Å². The molecule has 0 bridgehead atoms. The molecule has 43 heavy (non-hydrogen) atoms. The first-order valence-corrected chi connectivity index (χ1v) is 15.7. The highest BCUT2D eigenvalue weighted by atomic mass is 35.5. The van der Waals surface area contributed by atoms with Crippen LogP contribution in [0.2, 0.25) is 0 Å². The van der Waals surface area contributed by atoms with E-state index in [1.54, 1.807) is 44.2 Å². The van der Waals surface area contributed by atoms with Crippen molar-refractivity contribution in [1.82, 2.24) is 24.6 Å². The molecule has 2 aliphatic rings. The Bertz CT molecular complexity index is 1500. The van der Waals surface area contributed by atoms with Crippen LogP contribution in [0, 0.1) is 0 Å². The number of fused-ring (bicyclic) bond motifs is 1. The maximum Gasteiger partial charge on any atom is 0.459 e. The zero-order valence-electron chi connectivity index (χ0n) is 23.7. The van der Waals surface area contributed by atoms with Crippen LogP contribution >= 0.6 is 19.3 Å². The third-order valence-corrected chi connectivity index (χ3v) is 8.96. The SMILES string of the molecule is CC(C)OC(=O)[C@H](C)NP(=O)(OC[C@H]1O[C@@H](n2cnc3c(NC4CC4)nc(N)nc32)[C@@](Cl)(CF)[C@@H]1O)Oc1ccccc1. The summed E-state index contributed by atoms with van der Waals surface area (Å²) in [4.78, 5) is 23.3. The number of imidazole rings is 1. The van der Waals surface area contributed by atoms with Crippen LogP contribution in [0.5, 0.6) is 5.75 Å². The second-order valence-electron chi connectivity index (χ2n) is 10.7. The van der Waals surface area contributed by atoms with E-state index in [0.717, 1.165) is 12.8 Å². The van der Waals surface area contributed by atoms with Crippen LogP contribution in [-0.4, -0.2) is 79.1 Å². The van der Waals surface area contributed by atoms with Crippen molar-refractivity contribution in [1.29, 1.82) is 0 Å². The highest BCUT2D eigenvalue weighted by Crippen LogP contribution is 2.49. The molecule has 1 saturated carbocycles. The molecule has 1 aliphatic heterocycles. The van der Waals surface area contributed by atoms with E-state index in [2.05, 4.69) is 25.4 Å². The van der Waals surface area contributed by atoms with Gasteiger partial charge in [0.15, 0.2) is 23.2 Å². The van der Waals surface area contributed by atoms with Gasteiger partial charge in [0.1, 0.15) is 35.5 Å². The molecule has 1 aromatic carbocycles. The number of nitrogens with zero attached hydrogens (tertiary/aromatic N) is 4. The second-order valence-corrected chi connectivity index (χ2v) is 13.1. The van der Waals surface area contributed by atoms with Crippen LogP contribution < -0.4 is 20.7 Å². The molecule has 5 N–H and O–H groups in total. The normalized spacial score (nSPS) is 25.9. The van der Waals surface area contributed by atoms with Crippen LogP contribution in [0.3, 0.4) is 0 Å². The van der Waals surface area contributed by atoms with Crippen molar-refractivity contribution in [2.45, 2.75) is 75.1 Å². The minimum absolute atomic E-state index is 0.0496. The fourth-order valence-electron chi connectivity index (χ4n) is 4.51. The number of aliphatic hydroxyl groups is 1. The highest BCUT2D eigenvalue weighted by molar-refractivity contribution is 7.52. The van der Waals surface area contributed by atoms with Gasteiger partial charge in [-0.1, -0.05) is 18.2 Å². The number of halogens is 2. The first-order valence-electron chi connectivity index (χ1n) is 13.7. The standard InChI is InChI=1S/C26H34ClFN7O7P/c1-14(2)40-23(37)15(3)34-43(38,42-17-7-5-4-6-8-17)39-11-18-20(36)26(27,12-28)24(41-18)35-13-30-19-21(31-16-9-10-16)32-25(29)33-22(19)35/h4-8,13-16,18,20,24,36H,9-12H2,1-3H3,(H,34,38)(H3,29,31,32,33)/t15-,18+,20+,24+,26+,43?/m0/s1. The van der Waals surface area contributed by atoms with Gasteiger partial charge in [0.05, 0.1) is 19.0 Å². The first kappa shape index (κ1) is 31.4. The lowest BCUT2D eigenvalue weighted by atomic mass is 10.0. The summed E-state index contributed by atoms with van der Waals surface area (Å²) in [6.45, 7) is 3.01. The van der Waals surface area contributed by atoms with Crippen molar-refractivity contribution in [2.24, 2.45) is 0 Å². The van der Waals surface area contributed by atoms with Crippen molar-refractivity contribution >= 4 is 48.2 Å². The average molecular weight is 642 g/mol. The van der Waals surface area contributed by atoms with Gasteiger partial charge < -0.3 is 30.2 Å². The minimum atomic E-state index is -4.31. The molecule has 1 saturated heterocycles. The summed E-state index contributed by atoms with van der Waals surface area (Å²) in [5.74, 6) is -0.139. The topological polar surface area (TPSA) is 185 Å². The number of aliphatic hydroxyl groups excluding tert-OH is 1. The average Bonchev–Trinajstić information content (AvgIpc) is 3.62. The van der Waals surface area contributed by atoms with Crippen molar-refractivity contribution in [3.63, 3.8) is 0 Å². The van der Waals surface area contributed by atoms with Gasteiger partial charge in [-0.3, -0.25) is 13.9 Å². The molecule has 5 rings (SSSR count). The number of alkyl halides is 2. The molecular formula is C26H34ClFN7O7P. The maximum absolute atomic E-state index is 14.6. The first-order chi connectivity index (χ1) is 20.4. The molecule has 17 heteroatoms. The Morgan fingerprint density at radius 2 is 2.02 bits per heavy atom. The van der Waals surface area contributed by atoms with Gasteiger partial charge in [0.25, 0.3) is 0 Å². The number of nitrogen functional groups attached to an aromatic ring is 1. The third-order valence-electron chi connectivity index (χ3n) is 6.81. The number of esters is 1. The Labute approximate surface area is 252 Å². The number of benzene rings is 1. The molecule has 3 aromatic rings. The number of rotatable bonds is 13. The molecule has 2 fully saturated rings. The number of aromatic nitrogens is 4. The van der Waals surface area contributed by atoms with E-state index in [4.69, 9.17) is 35.9 Å². The molecule has 1 unspecified atom stereocenters. The molecule has 2 aromatic heterocycles. The van der Waals surface area contributed by atoms with Crippen molar-refractivity contribution in [3.05, 3.63) is 36.7 Å². The summed E-state index contributed by atoms with van der Waals surface area (Å²) in [5, 5.41) is 16.9. The van der Waals surface area contributed by atoms with Crippen molar-refractivity contribution in [2.75, 3.05) is 24.3 Å². The number of hydrogen-bond acceptors (Lipinski definition) is 12. The Morgan fingerprint density at radius 3 is 2.67 bits per heavy atom. The summed E-state index contributed by atoms with van der Waals surface area (Å²) < 4.78 is 52.3. The molecule has 6 atom stereocenters. The van der Waals surface area contributed by atoms with E-state index in [9.17, 15) is 18.9 Å². The number of anilines is 2. The van der Waals surface area contributed by atoms with Gasteiger partial charge in [-0.25, -0.2) is 13.9 Å². The Hall–Kier alpha value is -3.07. The number of carbonyl (C=O) groups is 1. The summed E-state index contributed by atoms with van der Waals surface area (Å²) >= 11 is 6.66. The second kappa shape index (κ2) is 12.5. The third kappa shape index (κ3) is 6.87. The number of para-hydroxylation sites is 1. The van der Waals surface area contributed by atoms with Gasteiger partial charge in [0, 0.05) is 6.04 Å². The smallest absolute Gasteiger partial charge is 0.459 e. The Kier molecular flexibility index (Phi) is 9.12. The monoisotopic (exact) mass is 641 g/mol. The van der Waals surface area contributed by atoms with Crippen molar-refractivity contribution in [3.8, 4) is 5.75 Å². The fourth-order valence-corrected chi connectivity index (χ4v) is 6.31. The van der Waals surface area contributed by atoms with Crippen LogP contribution in [0.1, 0.15) is 39.8 Å². The predicted octanol–water partition coefficient (Wildman–Crippen LogP) is 3.32. The summed E-state index contributed by atoms with van der Waals surface area (Å²) in [6.07, 6.45) is -1.37. The van der Waals surface area contributed by atoms with Gasteiger partial charge >= 0.3 is 13.7 Å². The summed E-state index contributed by atoms with van der Waals surface area (Å²) in [5.41, 5.74) is 6.52. The van der Waals surface area contributed by atoms with E-state index in [1.807, 2.05) is 0 Å². The van der Waals surface area contributed by atoms with E-state index in [-0.39, 0.29) is 23.4 Å². The largest absolute Gasteiger partial charge is 0.462 e. The van der Waals surface area contributed by atoms with E-state index in [1.165, 1.54) is 17.8 Å². The molecular weight excluding hydrogens is 608 g/mol. The van der Waals surface area contributed by atoms with Crippen LogP contribution in [0.15, 0.2) is 36.7 Å². The fraction of sp³-hybridized carbons (Fsp3) is 0.538. The van der Waals surface area contributed by atoms with E-state index < -0.39 is 62.5 Å². The molecule has 234 valence electrons. The Morgan fingerprint density at radius 1 is 1.30 bits per heavy atom. The highest BCUT2D eigenvalue weighted by Gasteiger charge is 2.57. The number of nitrogens with one attached hydrogen (secondary N) is 2. The molecule has 3 heterocycles. The maximum atomic E-state index is 14.6. The van der Waals surface area contributed by atoms with Crippen LogP contribution in [-0.2, 0) is 23.4 Å². The lowest BCUT2D eigenvalue weighted by Crippen LogP contribution is -2.44. The minimum Gasteiger partial charge on any atom is -0.462 e. The summed E-state index contributed by atoms with van der Waals surface area (Å²) in [6, 6.07) is 7.28. The van der Waals surface area contributed by atoms with E-state index >= 15 is 0 Å². The number of ether oxygens (including phenoxy) is 2. The van der Waals surface area contributed by atoms with Gasteiger partial charge in [-0.15, -0.1) is 11.6 Å². The van der Waals surface area contributed by atoms with Crippen LogP contribution in [0.25, 0.3) is 11.2 Å². The lowest BCUT2D eigenvalue weighted by Gasteiger charge is -2.27. The quantitative estimate of drug-likeness (QED) is 0.121. The lowest BCUT2D eigenvalue weighted by molar-refractivity contribution is -0.149. The number of carbonyl (C=O) groups excluding carboxylic acids is 1. The van der Waals surface area contributed by atoms with Gasteiger partial charge in [0.2, 0.25) is 5.95 Å². The van der Waals surface area contributed by atoms with Crippen LogP contribution in [0.4, 0.5) is 16.2 Å². The zero-order chi connectivity index (χ0) is 30.9. The molecule has 0 radical (unpaired) electrons. The zero-order valence-corrected chi connectivity index (χ0v) is 25.4. The number of nitrogens with two attached hydrogens (primary N) is 1. The molecule has 1 aliphatic carbocycles. The molecule has 0 spiro atoms. The number of hydrogen-bond donors (Lipinski definition) is 4. The summed E-state index contributed by atoms with van der Waals surface area (Å²) in [7, 11) is -4.31.